The van der Waals surface area contributed by atoms with E-state index in [1.807, 2.05) is 7.05 Å². The Kier molecular flexibility index (Phi) is 4.30. The van der Waals surface area contributed by atoms with Gasteiger partial charge < -0.3 is 14.6 Å². The summed E-state index contributed by atoms with van der Waals surface area (Å²) in [5, 5.41) is 10.00. The van der Waals surface area contributed by atoms with Crippen LogP contribution in [0, 0.1) is 0 Å². The van der Waals surface area contributed by atoms with Crippen LogP contribution in [0.15, 0.2) is 12.3 Å². The Hall–Kier alpha value is -1.00. The van der Waals surface area contributed by atoms with E-state index in [4.69, 9.17) is 11.6 Å². The highest BCUT2D eigenvalue weighted by atomic mass is 35.5. The SMILES string of the molecule is Cn1cc(Cl)cc1C(=O)N1CCCCCC1CO. The third-order valence-corrected chi connectivity index (χ3v) is 3.75. The molecule has 1 aliphatic heterocycles. The molecule has 4 nitrogen and oxygen atoms in total. The van der Waals surface area contributed by atoms with E-state index in [1.165, 1.54) is 0 Å². The largest absolute Gasteiger partial charge is 0.394 e. The van der Waals surface area contributed by atoms with Crippen molar-refractivity contribution in [3.8, 4) is 0 Å². The molecule has 1 amide bonds. The average molecular weight is 271 g/mol. The fourth-order valence-corrected chi connectivity index (χ4v) is 2.77. The number of aromatic nitrogens is 1. The van der Waals surface area contributed by atoms with Crippen LogP contribution in [0.5, 0.6) is 0 Å². The Morgan fingerprint density at radius 3 is 2.89 bits per heavy atom. The van der Waals surface area contributed by atoms with Gasteiger partial charge in [-0.05, 0) is 18.9 Å². The molecule has 1 unspecified atom stereocenters. The first-order chi connectivity index (χ1) is 8.63. The maximum atomic E-state index is 12.5. The molecular weight excluding hydrogens is 252 g/mol. The van der Waals surface area contributed by atoms with E-state index in [0.29, 0.717) is 17.3 Å². The Morgan fingerprint density at radius 2 is 2.28 bits per heavy atom. The molecule has 0 aromatic carbocycles. The van der Waals surface area contributed by atoms with Crippen molar-refractivity contribution in [2.75, 3.05) is 13.2 Å². The van der Waals surface area contributed by atoms with Gasteiger partial charge in [-0.25, -0.2) is 0 Å². The number of aliphatic hydroxyl groups excluding tert-OH is 1. The third-order valence-electron chi connectivity index (χ3n) is 3.54. The van der Waals surface area contributed by atoms with E-state index in [9.17, 15) is 9.90 Å². The summed E-state index contributed by atoms with van der Waals surface area (Å²) < 4.78 is 1.74. The minimum atomic E-state index is -0.0614. The molecule has 5 heteroatoms. The maximum absolute atomic E-state index is 12.5. The standard InChI is InChI=1S/C13H19ClN2O2/c1-15-8-10(14)7-12(15)13(18)16-6-4-2-3-5-11(16)9-17/h7-8,11,17H,2-6,9H2,1H3. The summed E-state index contributed by atoms with van der Waals surface area (Å²) >= 11 is 5.91. The third kappa shape index (κ3) is 2.70. The summed E-state index contributed by atoms with van der Waals surface area (Å²) in [5.74, 6) is -0.0367. The van der Waals surface area contributed by atoms with Crippen molar-refractivity contribution in [1.82, 2.24) is 9.47 Å². The number of halogens is 1. The molecule has 0 spiro atoms. The second-order valence-corrected chi connectivity index (χ2v) is 5.28. The smallest absolute Gasteiger partial charge is 0.270 e. The second kappa shape index (κ2) is 5.76. The first-order valence-electron chi connectivity index (χ1n) is 6.37. The van der Waals surface area contributed by atoms with Crippen molar-refractivity contribution in [3.05, 3.63) is 23.0 Å². The summed E-state index contributed by atoms with van der Waals surface area (Å²) in [5.41, 5.74) is 0.584. The summed E-state index contributed by atoms with van der Waals surface area (Å²) in [6, 6.07) is 1.62. The molecule has 1 aromatic rings. The highest BCUT2D eigenvalue weighted by molar-refractivity contribution is 6.31. The minimum absolute atomic E-state index is 0.0316. The fraction of sp³-hybridized carbons (Fsp3) is 0.615. The number of aryl methyl sites for hydroxylation is 1. The van der Waals surface area contributed by atoms with Crippen LogP contribution in [0.3, 0.4) is 0 Å². The highest BCUT2D eigenvalue weighted by Crippen LogP contribution is 2.21. The summed E-state index contributed by atoms with van der Waals surface area (Å²) in [6.07, 6.45) is 5.79. The Labute approximate surface area is 112 Å². The molecule has 2 heterocycles. The second-order valence-electron chi connectivity index (χ2n) is 4.84. The number of likely N-dealkylation sites (tertiary alicyclic amines) is 1. The highest BCUT2D eigenvalue weighted by Gasteiger charge is 2.27. The Balaban J connectivity index is 2.22. The van der Waals surface area contributed by atoms with Gasteiger partial charge in [0, 0.05) is 19.8 Å². The molecule has 1 aromatic heterocycles. The average Bonchev–Trinajstić information content (AvgIpc) is 2.56. The van der Waals surface area contributed by atoms with Crippen molar-refractivity contribution < 1.29 is 9.90 Å². The minimum Gasteiger partial charge on any atom is -0.394 e. The van der Waals surface area contributed by atoms with Crippen LogP contribution in [-0.2, 0) is 7.05 Å². The van der Waals surface area contributed by atoms with E-state index < -0.39 is 0 Å². The number of hydrogen-bond acceptors (Lipinski definition) is 2. The van der Waals surface area contributed by atoms with Gasteiger partial charge >= 0.3 is 0 Å². The molecule has 1 N–H and O–H groups in total. The summed E-state index contributed by atoms with van der Waals surface area (Å²) in [4.78, 5) is 14.3. The monoisotopic (exact) mass is 270 g/mol. The van der Waals surface area contributed by atoms with Gasteiger partial charge in [-0.1, -0.05) is 24.4 Å². The van der Waals surface area contributed by atoms with Crippen LogP contribution in [-0.4, -0.2) is 39.7 Å². The van der Waals surface area contributed by atoms with Crippen molar-refractivity contribution in [3.63, 3.8) is 0 Å². The zero-order valence-corrected chi connectivity index (χ0v) is 11.4. The molecule has 100 valence electrons. The van der Waals surface area contributed by atoms with Gasteiger partial charge in [-0.15, -0.1) is 0 Å². The summed E-state index contributed by atoms with van der Waals surface area (Å²) in [6.45, 7) is 0.747. The molecule has 1 aliphatic rings. The number of carbonyl (C=O) groups excluding carboxylic acids is 1. The number of hydrogen-bond donors (Lipinski definition) is 1. The molecule has 0 saturated carbocycles. The van der Waals surface area contributed by atoms with Gasteiger partial charge in [0.2, 0.25) is 0 Å². The lowest BCUT2D eigenvalue weighted by Crippen LogP contribution is -2.42. The Bertz CT molecular complexity index is 431. The molecule has 2 rings (SSSR count). The van der Waals surface area contributed by atoms with Crippen LogP contribution >= 0.6 is 11.6 Å². The zero-order chi connectivity index (χ0) is 13.1. The van der Waals surface area contributed by atoms with Gasteiger partial charge in [0.1, 0.15) is 5.69 Å². The van der Waals surface area contributed by atoms with Gasteiger partial charge in [0.25, 0.3) is 5.91 Å². The van der Waals surface area contributed by atoms with Gasteiger partial charge in [0.15, 0.2) is 0 Å². The number of rotatable bonds is 2. The van der Waals surface area contributed by atoms with Crippen LogP contribution in [0.1, 0.15) is 36.2 Å². The normalized spacial score (nSPS) is 20.8. The van der Waals surface area contributed by atoms with Crippen LogP contribution < -0.4 is 0 Å². The maximum Gasteiger partial charge on any atom is 0.270 e. The van der Waals surface area contributed by atoms with Crippen molar-refractivity contribution in [2.45, 2.75) is 31.7 Å². The van der Waals surface area contributed by atoms with Crippen LogP contribution in [0.4, 0.5) is 0 Å². The lowest BCUT2D eigenvalue weighted by atomic mass is 10.1. The predicted molar refractivity (Wildman–Crippen MR) is 70.8 cm³/mol. The molecule has 18 heavy (non-hydrogen) atoms. The lowest BCUT2D eigenvalue weighted by molar-refractivity contribution is 0.0590. The first kappa shape index (κ1) is 13.4. The van der Waals surface area contributed by atoms with E-state index >= 15 is 0 Å². The van der Waals surface area contributed by atoms with E-state index in [0.717, 1.165) is 25.7 Å². The number of aliphatic hydroxyl groups is 1. The number of amides is 1. The predicted octanol–water partition coefficient (Wildman–Crippen LogP) is 2.06. The fourth-order valence-electron chi connectivity index (χ4n) is 2.52. The van der Waals surface area contributed by atoms with Crippen molar-refractivity contribution >= 4 is 17.5 Å². The molecule has 1 atom stereocenters. The van der Waals surface area contributed by atoms with E-state index in [2.05, 4.69) is 0 Å². The van der Waals surface area contributed by atoms with Gasteiger partial charge in [-0.2, -0.15) is 0 Å². The van der Waals surface area contributed by atoms with Gasteiger partial charge in [-0.3, -0.25) is 4.79 Å². The number of carbonyl (C=O) groups is 1. The topological polar surface area (TPSA) is 45.5 Å². The molecule has 1 fully saturated rings. The van der Waals surface area contributed by atoms with Crippen LogP contribution in [0.2, 0.25) is 5.02 Å². The van der Waals surface area contributed by atoms with Gasteiger partial charge in [0.05, 0.1) is 17.7 Å². The lowest BCUT2D eigenvalue weighted by Gasteiger charge is -2.28. The van der Waals surface area contributed by atoms with Crippen LogP contribution in [0.25, 0.3) is 0 Å². The van der Waals surface area contributed by atoms with Crippen molar-refractivity contribution in [2.24, 2.45) is 7.05 Å². The first-order valence-corrected chi connectivity index (χ1v) is 6.75. The number of nitrogens with zero attached hydrogens (tertiary/aromatic N) is 2. The molecule has 0 bridgehead atoms. The molecule has 0 radical (unpaired) electrons. The summed E-state index contributed by atoms with van der Waals surface area (Å²) in [7, 11) is 1.81. The van der Waals surface area contributed by atoms with Crippen molar-refractivity contribution in [1.29, 1.82) is 0 Å². The van der Waals surface area contributed by atoms with E-state index in [-0.39, 0.29) is 18.6 Å². The Morgan fingerprint density at radius 1 is 1.50 bits per heavy atom. The van der Waals surface area contributed by atoms with E-state index in [1.54, 1.807) is 21.7 Å². The zero-order valence-electron chi connectivity index (χ0n) is 10.6. The molecular formula is C13H19ClN2O2. The molecule has 1 saturated heterocycles. The molecule has 0 aliphatic carbocycles. The quantitative estimate of drug-likeness (QED) is 0.894.